The van der Waals surface area contributed by atoms with Crippen molar-refractivity contribution in [2.45, 2.75) is 0 Å². The third-order valence-electron chi connectivity index (χ3n) is 6.12. The summed E-state index contributed by atoms with van der Waals surface area (Å²) in [7, 11) is 3.16. The average molecular weight is 455 g/mol. The van der Waals surface area contributed by atoms with Gasteiger partial charge in [-0.1, -0.05) is 42.5 Å². The molecule has 1 fully saturated rings. The van der Waals surface area contributed by atoms with Crippen LogP contribution >= 0.6 is 0 Å². The molecular formula is C27H26N4O3. The number of nitrogens with zero attached hydrogens (tertiary/aromatic N) is 4. The lowest BCUT2D eigenvalue weighted by molar-refractivity contribution is 0.0743. The van der Waals surface area contributed by atoms with Crippen molar-refractivity contribution in [3.8, 4) is 22.9 Å². The highest BCUT2D eigenvalue weighted by molar-refractivity contribution is 5.97. The molecule has 1 saturated heterocycles. The number of amides is 1. The lowest BCUT2D eigenvalue weighted by Crippen LogP contribution is -2.49. The van der Waals surface area contributed by atoms with Crippen molar-refractivity contribution in [1.29, 1.82) is 0 Å². The van der Waals surface area contributed by atoms with Gasteiger partial charge in [0.1, 0.15) is 17.3 Å². The van der Waals surface area contributed by atoms with E-state index in [0.717, 1.165) is 22.3 Å². The highest BCUT2D eigenvalue weighted by Gasteiger charge is 2.26. The van der Waals surface area contributed by atoms with Crippen molar-refractivity contribution in [2.24, 2.45) is 0 Å². The number of fused-ring (bicyclic) bond motifs is 1. The second kappa shape index (κ2) is 9.39. The SMILES string of the molecule is COc1ccc(C(=O)N2CCN(c3nc(-c4ccccc4)nc4ccccc34)CC2)c(OC)c1. The number of carbonyl (C=O) groups is 1. The first-order valence-corrected chi connectivity index (χ1v) is 11.3. The summed E-state index contributed by atoms with van der Waals surface area (Å²) in [6.45, 7) is 2.54. The molecule has 5 rings (SSSR count). The molecule has 1 aliphatic heterocycles. The predicted octanol–water partition coefficient (Wildman–Crippen LogP) is 4.28. The fourth-order valence-electron chi connectivity index (χ4n) is 4.28. The van der Waals surface area contributed by atoms with Crippen molar-refractivity contribution < 1.29 is 14.3 Å². The Bertz CT molecular complexity index is 1320. The lowest BCUT2D eigenvalue weighted by Gasteiger charge is -2.36. The van der Waals surface area contributed by atoms with Gasteiger partial charge in [-0.2, -0.15) is 0 Å². The van der Waals surface area contributed by atoms with Crippen LogP contribution in [0.5, 0.6) is 11.5 Å². The van der Waals surface area contributed by atoms with Crippen LogP contribution in [0.25, 0.3) is 22.3 Å². The largest absolute Gasteiger partial charge is 0.497 e. The Morgan fingerprint density at radius 2 is 1.56 bits per heavy atom. The number of ether oxygens (including phenoxy) is 2. The molecule has 2 heterocycles. The standard InChI is InChI=1S/C27H26N4O3/c1-33-20-12-13-22(24(18-20)34-2)27(32)31-16-14-30(15-17-31)26-21-10-6-7-11-23(21)28-25(29-26)19-8-4-3-5-9-19/h3-13,18H,14-17H2,1-2H3. The van der Waals surface area contributed by atoms with Crippen LogP contribution in [0.2, 0.25) is 0 Å². The smallest absolute Gasteiger partial charge is 0.257 e. The molecule has 0 bridgehead atoms. The van der Waals surface area contributed by atoms with Crippen LogP contribution in [0.3, 0.4) is 0 Å². The molecule has 1 aromatic heterocycles. The van der Waals surface area contributed by atoms with E-state index >= 15 is 0 Å². The maximum Gasteiger partial charge on any atom is 0.257 e. The Kier molecular flexibility index (Phi) is 5.99. The van der Waals surface area contributed by atoms with Gasteiger partial charge in [-0.25, -0.2) is 9.97 Å². The summed E-state index contributed by atoms with van der Waals surface area (Å²) in [4.78, 5) is 27.1. The zero-order valence-corrected chi connectivity index (χ0v) is 19.3. The molecule has 0 saturated carbocycles. The van der Waals surface area contributed by atoms with Gasteiger partial charge in [-0.15, -0.1) is 0 Å². The molecule has 0 aliphatic carbocycles. The highest BCUT2D eigenvalue weighted by Crippen LogP contribution is 2.30. The topological polar surface area (TPSA) is 67.8 Å². The van der Waals surface area contributed by atoms with Gasteiger partial charge in [0.2, 0.25) is 0 Å². The van der Waals surface area contributed by atoms with E-state index in [-0.39, 0.29) is 5.91 Å². The van der Waals surface area contributed by atoms with Crippen LogP contribution in [0.4, 0.5) is 5.82 Å². The summed E-state index contributed by atoms with van der Waals surface area (Å²) in [6.07, 6.45) is 0. The Morgan fingerprint density at radius 3 is 2.29 bits per heavy atom. The normalized spacial score (nSPS) is 13.7. The Hall–Kier alpha value is -4.13. The number of para-hydroxylation sites is 1. The molecule has 172 valence electrons. The van der Waals surface area contributed by atoms with Crippen LogP contribution in [0.1, 0.15) is 10.4 Å². The molecule has 0 N–H and O–H groups in total. The van der Waals surface area contributed by atoms with Gasteiger partial charge in [0.15, 0.2) is 5.82 Å². The number of rotatable bonds is 5. The molecular weight excluding hydrogens is 428 g/mol. The van der Waals surface area contributed by atoms with Crippen LogP contribution in [-0.2, 0) is 0 Å². The lowest BCUT2D eigenvalue weighted by atomic mass is 10.1. The maximum absolute atomic E-state index is 13.2. The van der Waals surface area contributed by atoms with Crippen molar-refractivity contribution in [2.75, 3.05) is 45.3 Å². The number of aromatic nitrogens is 2. The van der Waals surface area contributed by atoms with Gasteiger partial charge >= 0.3 is 0 Å². The predicted molar refractivity (Wildman–Crippen MR) is 133 cm³/mol. The summed E-state index contributed by atoms with van der Waals surface area (Å²) in [5.74, 6) is 2.73. The van der Waals surface area contributed by atoms with Crippen molar-refractivity contribution in [1.82, 2.24) is 14.9 Å². The molecule has 0 spiro atoms. The summed E-state index contributed by atoms with van der Waals surface area (Å²) in [5, 5.41) is 1.01. The van der Waals surface area contributed by atoms with Gasteiger partial charge in [0.05, 0.1) is 25.3 Å². The molecule has 7 nitrogen and oxygen atoms in total. The number of benzene rings is 3. The number of hydrogen-bond acceptors (Lipinski definition) is 6. The van der Waals surface area contributed by atoms with Crippen LogP contribution < -0.4 is 14.4 Å². The van der Waals surface area contributed by atoms with Crippen molar-refractivity contribution >= 4 is 22.6 Å². The van der Waals surface area contributed by atoms with Gasteiger partial charge in [0, 0.05) is 43.2 Å². The van der Waals surface area contributed by atoms with Gasteiger partial charge in [-0.05, 0) is 24.3 Å². The molecule has 34 heavy (non-hydrogen) atoms. The minimum Gasteiger partial charge on any atom is -0.497 e. The number of hydrogen-bond donors (Lipinski definition) is 0. The van der Waals surface area contributed by atoms with E-state index in [4.69, 9.17) is 19.4 Å². The van der Waals surface area contributed by atoms with Crippen LogP contribution in [0, 0.1) is 0 Å². The third kappa shape index (κ3) is 4.12. The number of anilines is 1. The Morgan fingerprint density at radius 1 is 0.824 bits per heavy atom. The van der Waals surface area contributed by atoms with Crippen LogP contribution in [0.15, 0.2) is 72.8 Å². The minimum absolute atomic E-state index is 0.0447. The van der Waals surface area contributed by atoms with E-state index in [1.807, 2.05) is 53.4 Å². The number of methoxy groups -OCH3 is 2. The molecule has 3 aromatic carbocycles. The molecule has 0 radical (unpaired) electrons. The summed E-state index contributed by atoms with van der Waals surface area (Å²) in [6, 6.07) is 23.4. The summed E-state index contributed by atoms with van der Waals surface area (Å²) >= 11 is 0. The zero-order chi connectivity index (χ0) is 23.5. The van der Waals surface area contributed by atoms with Crippen molar-refractivity contribution in [3.05, 3.63) is 78.4 Å². The van der Waals surface area contributed by atoms with E-state index in [9.17, 15) is 4.79 Å². The van der Waals surface area contributed by atoms with E-state index in [2.05, 4.69) is 11.0 Å². The molecule has 7 heteroatoms. The quantitative estimate of drug-likeness (QED) is 0.449. The fourth-order valence-corrected chi connectivity index (χ4v) is 4.28. The Balaban J connectivity index is 1.40. The maximum atomic E-state index is 13.2. The van der Waals surface area contributed by atoms with Gasteiger partial charge in [-0.3, -0.25) is 4.79 Å². The first kappa shape index (κ1) is 21.7. The van der Waals surface area contributed by atoms with Crippen molar-refractivity contribution in [3.63, 3.8) is 0 Å². The second-order valence-corrected chi connectivity index (χ2v) is 8.10. The molecule has 4 aromatic rings. The molecule has 0 atom stereocenters. The average Bonchev–Trinajstić information content (AvgIpc) is 2.92. The zero-order valence-electron chi connectivity index (χ0n) is 19.3. The minimum atomic E-state index is -0.0447. The first-order chi connectivity index (χ1) is 16.7. The molecule has 1 aliphatic rings. The van der Waals surface area contributed by atoms with Gasteiger partial charge in [0.25, 0.3) is 5.91 Å². The molecule has 0 unspecified atom stereocenters. The second-order valence-electron chi connectivity index (χ2n) is 8.10. The van der Waals surface area contributed by atoms with E-state index in [0.29, 0.717) is 49.1 Å². The first-order valence-electron chi connectivity index (χ1n) is 11.3. The summed E-state index contributed by atoms with van der Waals surface area (Å²) < 4.78 is 10.7. The van der Waals surface area contributed by atoms with Gasteiger partial charge < -0.3 is 19.3 Å². The fraction of sp³-hybridized carbons (Fsp3) is 0.222. The third-order valence-corrected chi connectivity index (χ3v) is 6.12. The van der Waals surface area contributed by atoms with E-state index < -0.39 is 0 Å². The van der Waals surface area contributed by atoms with E-state index in [1.165, 1.54) is 0 Å². The number of carbonyl (C=O) groups excluding carboxylic acids is 1. The number of piperazine rings is 1. The highest BCUT2D eigenvalue weighted by atomic mass is 16.5. The summed E-state index contributed by atoms with van der Waals surface area (Å²) in [5.41, 5.74) is 2.43. The van der Waals surface area contributed by atoms with Crippen LogP contribution in [-0.4, -0.2) is 61.2 Å². The van der Waals surface area contributed by atoms with E-state index in [1.54, 1.807) is 32.4 Å². The molecule has 1 amide bonds. The monoisotopic (exact) mass is 454 g/mol. The Labute approximate surface area is 198 Å².